The molecule has 0 saturated heterocycles. The van der Waals surface area contributed by atoms with Crippen LogP contribution in [0.2, 0.25) is 0 Å². The average Bonchev–Trinajstić information content (AvgIpc) is 2.67. The first kappa shape index (κ1) is 18.2. The first-order valence-electron chi connectivity index (χ1n) is 8.13. The van der Waals surface area contributed by atoms with Crippen LogP contribution in [0.4, 0.5) is 0 Å². The fourth-order valence-corrected chi connectivity index (χ4v) is 4.43. The van der Waals surface area contributed by atoms with Gasteiger partial charge >= 0.3 is 0 Å². The number of alkyl halides is 1. The van der Waals surface area contributed by atoms with Gasteiger partial charge in [0.15, 0.2) is 0 Å². The van der Waals surface area contributed by atoms with Crippen LogP contribution in [0.15, 0.2) is 72.2 Å². The van der Waals surface area contributed by atoms with Crippen molar-refractivity contribution in [1.82, 2.24) is 5.32 Å². The van der Waals surface area contributed by atoms with Crippen molar-refractivity contribution in [3.63, 3.8) is 0 Å². The van der Waals surface area contributed by atoms with Crippen LogP contribution in [0.5, 0.6) is 5.75 Å². The van der Waals surface area contributed by atoms with Gasteiger partial charge in [0.25, 0.3) is 0 Å². The number of benzene rings is 2. The van der Waals surface area contributed by atoms with Crippen molar-refractivity contribution in [2.75, 3.05) is 12.9 Å². The molecule has 0 fully saturated rings. The third-order valence-electron chi connectivity index (χ3n) is 4.05. The standard InChI is InChI=1S/C20H21BrN2OS/c1-3-13-25-20(21)22-18(15-7-5-4-6-8-15)14-19(23-20)16-9-11-17(24-2)12-10-16/h3-12,18,22H,1,13-14H2,2H3/t18-,20-/m0/s1. The van der Waals surface area contributed by atoms with Crippen molar-refractivity contribution in [2.45, 2.75) is 16.4 Å². The maximum atomic E-state index is 5.26. The van der Waals surface area contributed by atoms with Gasteiger partial charge in [-0.2, -0.15) is 0 Å². The zero-order chi connectivity index (χ0) is 17.7. The van der Waals surface area contributed by atoms with E-state index in [0.29, 0.717) is 0 Å². The molecule has 2 aromatic carbocycles. The molecule has 1 N–H and O–H groups in total. The van der Waals surface area contributed by atoms with Gasteiger partial charge in [0.1, 0.15) is 5.75 Å². The molecule has 130 valence electrons. The highest BCUT2D eigenvalue weighted by molar-refractivity contribution is 9.11. The number of nitrogens with one attached hydrogen (secondary N) is 1. The fourth-order valence-electron chi connectivity index (χ4n) is 2.81. The predicted octanol–water partition coefficient (Wildman–Crippen LogP) is 5.14. The summed E-state index contributed by atoms with van der Waals surface area (Å²) in [5.74, 6) is 1.66. The third-order valence-corrected chi connectivity index (χ3v) is 6.13. The van der Waals surface area contributed by atoms with Gasteiger partial charge in [-0.25, -0.2) is 4.99 Å². The van der Waals surface area contributed by atoms with Crippen molar-refractivity contribution in [3.05, 3.63) is 78.4 Å². The quantitative estimate of drug-likeness (QED) is 0.401. The Morgan fingerprint density at radius 2 is 2.00 bits per heavy atom. The first-order valence-corrected chi connectivity index (χ1v) is 9.91. The SMILES string of the molecule is C=CCS[C@]1(Br)N=C(c2ccc(OC)cc2)C[C@@H](c2ccccc2)N1. The Kier molecular flexibility index (Phi) is 5.99. The van der Waals surface area contributed by atoms with E-state index in [2.05, 4.69) is 64.2 Å². The summed E-state index contributed by atoms with van der Waals surface area (Å²) in [4.78, 5) is 4.95. The smallest absolute Gasteiger partial charge is 0.215 e. The lowest BCUT2D eigenvalue weighted by Gasteiger charge is -2.35. The molecule has 1 aliphatic rings. The molecule has 1 aliphatic heterocycles. The van der Waals surface area contributed by atoms with E-state index in [0.717, 1.165) is 29.2 Å². The normalized spacial score (nSPS) is 23.0. The molecule has 25 heavy (non-hydrogen) atoms. The Labute approximate surface area is 161 Å². The molecule has 0 aliphatic carbocycles. The Balaban J connectivity index is 1.94. The highest BCUT2D eigenvalue weighted by Gasteiger charge is 2.35. The summed E-state index contributed by atoms with van der Waals surface area (Å²) >= 11 is 5.47. The van der Waals surface area contributed by atoms with Crippen LogP contribution in [0.25, 0.3) is 0 Å². The zero-order valence-corrected chi connectivity index (χ0v) is 16.5. The largest absolute Gasteiger partial charge is 0.497 e. The molecule has 5 heteroatoms. The van der Waals surface area contributed by atoms with Crippen molar-refractivity contribution in [2.24, 2.45) is 4.99 Å². The van der Waals surface area contributed by atoms with Crippen molar-refractivity contribution >= 4 is 33.4 Å². The average molecular weight is 417 g/mol. The van der Waals surface area contributed by atoms with Crippen LogP contribution in [-0.2, 0) is 0 Å². The molecule has 0 radical (unpaired) electrons. The molecular weight excluding hydrogens is 396 g/mol. The minimum atomic E-state index is -0.560. The van der Waals surface area contributed by atoms with E-state index >= 15 is 0 Å². The van der Waals surface area contributed by atoms with Crippen LogP contribution in [0.1, 0.15) is 23.6 Å². The van der Waals surface area contributed by atoms with Gasteiger partial charge in [0.05, 0.1) is 7.11 Å². The summed E-state index contributed by atoms with van der Waals surface area (Å²) < 4.78 is 4.70. The van der Waals surface area contributed by atoms with Gasteiger partial charge in [-0.05, 0) is 51.3 Å². The van der Waals surface area contributed by atoms with Gasteiger partial charge in [-0.1, -0.05) is 36.4 Å². The van der Waals surface area contributed by atoms with Crippen molar-refractivity contribution < 1.29 is 4.74 Å². The molecule has 3 nitrogen and oxygen atoms in total. The molecule has 2 aromatic rings. The van der Waals surface area contributed by atoms with E-state index in [9.17, 15) is 0 Å². The second-order valence-corrected chi connectivity index (χ2v) is 8.65. The summed E-state index contributed by atoms with van der Waals surface area (Å²) in [6.45, 7) is 3.82. The van der Waals surface area contributed by atoms with Crippen molar-refractivity contribution in [1.29, 1.82) is 0 Å². The van der Waals surface area contributed by atoms with E-state index in [1.165, 1.54) is 5.56 Å². The summed E-state index contributed by atoms with van der Waals surface area (Å²) in [6.07, 6.45) is 2.72. The van der Waals surface area contributed by atoms with Crippen LogP contribution < -0.4 is 10.1 Å². The number of ether oxygens (including phenoxy) is 1. The minimum Gasteiger partial charge on any atom is -0.497 e. The summed E-state index contributed by atoms with van der Waals surface area (Å²) in [5.41, 5.74) is 3.45. The number of thioether (sulfide) groups is 1. The first-order chi connectivity index (χ1) is 12.1. The molecule has 0 aromatic heterocycles. The highest BCUT2D eigenvalue weighted by atomic mass is 79.9. The monoisotopic (exact) mass is 416 g/mol. The molecule has 0 bridgehead atoms. The van der Waals surface area contributed by atoms with Crippen LogP contribution in [-0.4, -0.2) is 22.5 Å². The van der Waals surface area contributed by atoms with Gasteiger partial charge in [-0.3, -0.25) is 5.32 Å². The number of hydrogen-bond acceptors (Lipinski definition) is 4. The molecule has 3 rings (SSSR count). The van der Waals surface area contributed by atoms with Crippen LogP contribution in [0.3, 0.4) is 0 Å². The highest BCUT2D eigenvalue weighted by Crippen LogP contribution is 2.39. The molecule has 0 saturated carbocycles. The van der Waals surface area contributed by atoms with Gasteiger partial charge in [-0.15, -0.1) is 18.3 Å². The maximum Gasteiger partial charge on any atom is 0.215 e. The Morgan fingerprint density at radius 3 is 2.64 bits per heavy atom. The van der Waals surface area contributed by atoms with Gasteiger partial charge < -0.3 is 4.74 Å². The summed E-state index contributed by atoms with van der Waals surface area (Å²) in [5, 5.41) is 3.62. The Hall–Kier alpha value is -1.56. The van der Waals surface area contributed by atoms with Crippen LogP contribution in [0, 0.1) is 0 Å². The van der Waals surface area contributed by atoms with Gasteiger partial charge in [0.2, 0.25) is 3.90 Å². The number of hydrogen-bond donors (Lipinski definition) is 1. The lowest BCUT2D eigenvalue weighted by molar-refractivity contribution is 0.415. The van der Waals surface area contributed by atoms with E-state index in [-0.39, 0.29) is 6.04 Å². The number of halogens is 1. The number of methoxy groups -OCH3 is 1. The lowest BCUT2D eigenvalue weighted by atomic mass is 9.96. The van der Waals surface area contributed by atoms with Gasteiger partial charge in [0, 0.05) is 23.9 Å². The van der Waals surface area contributed by atoms with E-state index < -0.39 is 3.90 Å². The number of rotatable bonds is 6. The van der Waals surface area contributed by atoms with Crippen molar-refractivity contribution in [3.8, 4) is 5.75 Å². The minimum absolute atomic E-state index is 0.187. The fraction of sp³-hybridized carbons (Fsp3) is 0.250. The predicted molar refractivity (Wildman–Crippen MR) is 111 cm³/mol. The molecule has 2 atom stereocenters. The van der Waals surface area contributed by atoms with Crippen LogP contribution >= 0.6 is 27.7 Å². The van der Waals surface area contributed by atoms with E-state index in [4.69, 9.17) is 9.73 Å². The second kappa shape index (κ2) is 8.21. The zero-order valence-electron chi connectivity index (χ0n) is 14.1. The number of aliphatic imine (C=N–C) groups is 1. The molecule has 0 unspecified atom stereocenters. The van der Waals surface area contributed by atoms with E-state index in [1.807, 2.05) is 24.3 Å². The number of nitrogens with zero attached hydrogens (tertiary/aromatic N) is 1. The summed E-state index contributed by atoms with van der Waals surface area (Å²) in [6, 6.07) is 18.8. The topological polar surface area (TPSA) is 33.6 Å². The third kappa shape index (κ3) is 4.54. The maximum absolute atomic E-state index is 5.26. The summed E-state index contributed by atoms with van der Waals surface area (Å²) in [7, 11) is 1.68. The molecular formula is C20H21BrN2OS. The molecule has 1 heterocycles. The Morgan fingerprint density at radius 1 is 1.28 bits per heavy atom. The molecule has 0 spiro atoms. The Bertz CT molecular complexity index is 748. The van der Waals surface area contributed by atoms with E-state index in [1.54, 1.807) is 18.9 Å². The lowest BCUT2D eigenvalue weighted by Crippen LogP contribution is -2.43. The second-order valence-electron chi connectivity index (χ2n) is 5.76. The molecule has 0 amide bonds.